The minimum atomic E-state index is -0.194. The van der Waals surface area contributed by atoms with Crippen molar-refractivity contribution in [1.29, 1.82) is 0 Å². The molecule has 118 valence electrons. The van der Waals surface area contributed by atoms with Gasteiger partial charge in [0.2, 0.25) is 0 Å². The molecule has 3 nitrogen and oxygen atoms in total. The van der Waals surface area contributed by atoms with Crippen LogP contribution >= 0.6 is 11.6 Å². The Morgan fingerprint density at radius 3 is 2.62 bits per heavy atom. The summed E-state index contributed by atoms with van der Waals surface area (Å²) < 4.78 is 11.5. The molecule has 0 spiro atoms. The first kappa shape index (κ1) is 16.6. The fourth-order valence-corrected chi connectivity index (χ4v) is 3.58. The third-order valence-corrected chi connectivity index (χ3v) is 4.72. The van der Waals surface area contributed by atoms with Crippen LogP contribution in [0, 0.1) is 0 Å². The summed E-state index contributed by atoms with van der Waals surface area (Å²) in [5.41, 5.74) is 7.41. The molecule has 2 rings (SSSR count). The van der Waals surface area contributed by atoms with Crippen LogP contribution in [0.3, 0.4) is 0 Å². The predicted octanol–water partition coefficient (Wildman–Crippen LogP) is 3.96. The third-order valence-electron chi connectivity index (χ3n) is 4.49. The van der Waals surface area contributed by atoms with Gasteiger partial charge < -0.3 is 15.2 Å². The average molecular weight is 312 g/mol. The van der Waals surface area contributed by atoms with Gasteiger partial charge >= 0.3 is 0 Å². The van der Waals surface area contributed by atoms with E-state index < -0.39 is 0 Å². The van der Waals surface area contributed by atoms with Crippen molar-refractivity contribution >= 4 is 11.6 Å². The lowest BCUT2D eigenvalue weighted by atomic mass is 9.77. The van der Waals surface area contributed by atoms with Crippen molar-refractivity contribution in [1.82, 2.24) is 0 Å². The Labute approximate surface area is 132 Å². The van der Waals surface area contributed by atoms with E-state index in [1.165, 1.54) is 19.3 Å². The summed E-state index contributed by atoms with van der Waals surface area (Å²) in [5.74, 6) is 0.845. The molecule has 0 radical (unpaired) electrons. The van der Waals surface area contributed by atoms with Crippen LogP contribution in [0.4, 0.5) is 0 Å². The first-order valence-corrected chi connectivity index (χ1v) is 8.21. The molecule has 0 heterocycles. The van der Waals surface area contributed by atoms with Crippen LogP contribution < -0.4 is 10.5 Å². The van der Waals surface area contributed by atoms with Crippen molar-refractivity contribution < 1.29 is 9.47 Å². The normalized spacial score (nSPS) is 19.2. The minimum absolute atomic E-state index is 0.0369. The molecule has 1 unspecified atom stereocenters. The fourth-order valence-electron chi connectivity index (χ4n) is 3.39. The van der Waals surface area contributed by atoms with Crippen molar-refractivity contribution in [2.75, 3.05) is 13.7 Å². The highest BCUT2D eigenvalue weighted by molar-refractivity contribution is 6.30. The lowest BCUT2D eigenvalue weighted by molar-refractivity contribution is -0.0818. The third kappa shape index (κ3) is 3.91. The van der Waals surface area contributed by atoms with Gasteiger partial charge in [0.15, 0.2) is 0 Å². The van der Waals surface area contributed by atoms with E-state index in [1.54, 1.807) is 7.11 Å². The molecule has 0 bridgehead atoms. The zero-order valence-electron chi connectivity index (χ0n) is 13.0. The van der Waals surface area contributed by atoms with Gasteiger partial charge in [-0.25, -0.2) is 0 Å². The number of ether oxygens (including phenoxy) is 2. The predicted molar refractivity (Wildman–Crippen MR) is 87.1 cm³/mol. The average Bonchev–Trinajstić information content (AvgIpc) is 2.49. The van der Waals surface area contributed by atoms with E-state index in [-0.39, 0.29) is 11.6 Å². The fraction of sp³-hybridized carbons (Fsp3) is 0.647. The number of halogens is 1. The molecule has 1 aromatic rings. The zero-order chi connectivity index (χ0) is 15.3. The van der Waals surface area contributed by atoms with Crippen LogP contribution in [0.15, 0.2) is 18.2 Å². The molecule has 0 amide bonds. The molecule has 0 aromatic heterocycles. The van der Waals surface area contributed by atoms with Crippen LogP contribution in [0.2, 0.25) is 5.02 Å². The van der Waals surface area contributed by atoms with Gasteiger partial charge in [0, 0.05) is 17.7 Å². The zero-order valence-corrected chi connectivity index (χ0v) is 13.8. The number of methoxy groups -OCH3 is 1. The smallest absolute Gasteiger partial charge is 0.122 e. The van der Waals surface area contributed by atoms with Gasteiger partial charge in [-0.15, -0.1) is 0 Å². The molecule has 1 aromatic carbocycles. The van der Waals surface area contributed by atoms with Crippen LogP contribution in [0.25, 0.3) is 0 Å². The second kappa shape index (κ2) is 7.48. The quantitative estimate of drug-likeness (QED) is 0.865. The van der Waals surface area contributed by atoms with Crippen molar-refractivity contribution in [2.24, 2.45) is 5.73 Å². The molecule has 4 heteroatoms. The molecule has 0 saturated heterocycles. The topological polar surface area (TPSA) is 44.5 Å². The lowest BCUT2D eigenvalue weighted by Crippen LogP contribution is -2.52. The van der Waals surface area contributed by atoms with Crippen LogP contribution in [0.5, 0.6) is 5.75 Å². The molecule has 1 aliphatic rings. The Morgan fingerprint density at radius 1 is 1.29 bits per heavy atom. The summed E-state index contributed by atoms with van der Waals surface area (Å²) in [6.07, 6.45) is 6.49. The van der Waals surface area contributed by atoms with Gasteiger partial charge in [-0.2, -0.15) is 0 Å². The van der Waals surface area contributed by atoms with Gasteiger partial charge in [0.1, 0.15) is 5.75 Å². The number of hydrogen-bond acceptors (Lipinski definition) is 3. The van der Waals surface area contributed by atoms with Gasteiger partial charge in [-0.3, -0.25) is 0 Å². The number of benzene rings is 1. The van der Waals surface area contributed by atoms with Gasteiger partial charge in [-0.05, 0) is 49.9 Å². The van der Waals surface area contributed by atoms with Gasteiger partial charge in [0.05, 0.1) is 12.7 Å². The Balaban J connectivity index is 2.18. The molecule has 1 aliphatic carbocycles. The summed E-state index contributed by atoms with van der Waals surface area (Å²) in [6, 6.07) is 5.65. The molecular formula is C17H26ClNO2. The van der Waals surface area contributed by atoms with E-state index in [4.69, 9.17) is 26.8 Å². The second-order valence-electron chi connectivity index (χ2n) is 5.83. The summed E-state index contributed by atoms with van der Waals surface area (Å²) in [7, 11) is 1.68. The van der Waals surface area contributed by atoms with Crippen molar-refractivity contribution in [2.45, 2.75) is 57.1 Å². The maximum atomic E-state index is 6.55. The van der Waals surface area contributed by atoms with Gasteiger partial charge in [0.25, 0.3) is 0 Å². The minimum Gasteiger partial charge on any atom is -0.496 e. The Kier molecular flexibility index (Phi) is 5.91. The second-order valence-corrected chi connectivity index (χ2v) is 6.26. The Hall–Kier alpha value is -0.770. The first-order valence-electron chi connectivity index (χ1n) is 7.83. The van der Waals surface area contributed by atoms with Crippen LogP contribution in [0.1, 0.15) is 44.6 Å². The van der Waals surface area contributed by atoms with E-state index >= 15 is 0 Å². The van der Waals surface area contributed by atoms with Crippen LogP contribution in [-0.4, -0.2) is 25.4 Å². The highest BCUT2D eigenvalue weighted by Gasteiger charge is 2.38. The SMILES string of the molecule is CCOC1(C(N)Cc2cc(Cl)ccc2OC)CCCCC1. The number of hydrogen-bond donors (Lipinski definition) is 1. The summed E-state index contributed by atoms with van der Waals surface area (Å²) in [5, 5.41) is 0.715. The summed E-state index contributed by atoms with van der Waals surface area (Å²) >= 11 is 6.11. The monoisotopic (exact) mass is 311 g/mol. The standard InChI is InChI=1S/C17H26ClNO2/c1-3-21-17(9-5-4-6-10-17)16(19)12-13-11-14(18)7-8-15(13)20-2/h7-8,11,16H,3-6,9-10,12,19H2,1-2H3. The highest BCUT2D eigenvalue weighted by atomic mass is 35.5. The van der Waals surface area contributed by atoms with E-state index in [9.17, 15) is 0 Å². The maximum Gasteiger partial charge on any atom is 0.122 e. The van der Waals surface area contributed by atoms with E-state index in [1.807, 2.05) is 25.1 Å². The van der Waals surface area contributed by atoms with Gasteiger partial charge in [-0.1, -0.05) is 30.9 Å². The molecule has 21 heavy (non-hydrogen) atoms. The largest absolute Gasteiger partial charge is 0.496 e. The van der Waals surface area contributed by atoms with E-state index in [2.05, 4.69) is 0 Å². The van der Waals surface area contributed by atoms with Crippen LogP contribution in [-0.2, 0) is 11.2 Å². The Bertz CT molecular complexity index is 453. The molecular weight excluding hydrogens is 286 g/mol. The molecule has 2 N–H and O–H groups in total. The van der Waals surface area contributed by atoms with Crippen molar-refractivity contribution in [3.8, 4) is 5.75 Å². The summed E-state index contributed by atoms with van der Waals surface area (Å²) in [4.78, 5) is 0. The summed E-state index contributed by atoms with van der Waals surface area (Å²) in [6.45, 7) is 2.75. The van der Waals surface area contributed by atoms with Crippen molar-refractivity contribution in [3.63, 3.8) is 0 Å². The van der Waals surface area contributed by atoms with E-state index in [0.717, 1.165) is 30.6 Å². The maximum absolute atomic E-state index is 6.55. The lowest BCUT2D eigenvalue weighted by Gasteiger charge is -2.42. The number of rotatable bonds is 6. The molecule has 0 aliphatic heterocycles. The molecule has 1 saturated carbocycles. The number of nitrogens with two attached hydrogens (primary N) is 1. The van der Waals surface area contributed by atoms with Crippen molar-refractivity contribution in [3.05, 3.63) is 28.8 Å². The molecule has 1 fully saturated rings. The molecule has 1 atom stereocenters. The Morgan fingerprint density at radius 2 is 2.00 bits per heavy atom. The first-order chi connectivity index (χ1) is 10.1. The van der Waals surface area contributed by atoms with E-state index in [0.29, 0.717) is 11.6 Å². The highest BCUT2D eigenvalue weighted by Crippen LogP contribution is 2.36.